The molecule has 0 aromatic heterocycles. The van der Waals surface area contributed by atoms with Crippen LogP contribution in [-0.2, 0) is 0 Å². The minimum Gasteiger partial charge on any atom is -0.306 e. The quantitative estimate of drug-likeness (QED) is 0.763. The Bertz CT molecular complexity index is 588. The summed E-state index contributed by atoms with van der Waals surface area (Å²) in [6, 6.07) is 12.5. The van der Waals surface area contributed by atoms with Gasteiger partial charge in [-0.15, -0.1) is 0 Å². The van der Waals surface area contributed by atoms with E-state index >= 15 is 0 Å². The van der Waals surface area contributed by atoms with Crippen LogP contribution in [0.3, 0.4) is 0 Å². The van der Waals surface area contributed by atoms with Gasteiger partial charge >= 0.3 is 0 Å². The van der Waals surface area contributed by atoms with E-state index in [4.69, 9.17) is 11.6 Å². The van der Waals surface area contributed by atoms with Gasteiger partial charge in [-0.3, -0.25) is 0 Å². The summed E-state index contributed by atoms with van der Waals surface area (Å²) in [5.41, 5.74) is 1.59. The first-order valence-electron chi connectivity index (χ1n) is 6.55. The molecule has 0 saturated heterocycles. The van der Waals surface area contributed by atoms with Crippen LogP contribution in [0.4, 0.5) is 4.39 Å². The van der Waals surface area contributed by atoms with Gasteiger partial charge in [0.15, 0.2) is 0 Å². The van der Waals surface area contributed by atoms with Crippen LogP contribution in [0.1, 0.15) is 30.5 Å². The van der Waals surface area contributed by atoms with Crippen LogP contribution < -0.4 is 5.32 Å². The SMILES string of the molecule is CCCNC(c1cccc(Cl)c1)c1ccc(Br)cc1F. The normalized spacial score (nSPS) is 12.4. The number of halogens is 3. The number of hydrogen-bond acceptors (Lipinski definition) is 1. The molecule has 0 aliphatic heterocycles. The molecule has 2 rings (SSSR count). The van der Waals surface area contributed by atoms with Crippen molar-refractivity contribution < 1.29 is 4.39 Å². The molecule has 0 aliphatic rings. The summed E-state index contributed by atoms with van der Waals surface area (Å²) in [5.74, 6) is -0.229. The lowest BCUT2D eigenvalue weighted by molar-refractivity contribution is 0.546. The summed E-state index contributed by atoms with van der Waals surface area (Å²) in [5, 5.41) is 4.03. The predicted octanol–water partition coefficient (Wildman–Crippen LogP) is 5.33. The van der Waals surface area contributed by atoms with Crippen LogP contribution in [0, 0.1) is 5.82 Å². The zero-order chi connectivity index (χ0) is 14.5. The van der Waals surface area contributed by atoms with Crippen LogP contribution in [-0.4, -0.2) is 6.54 Å². The number of nitrogens with one attached hydrogen (secondary N) is 1. The Hall–Kier alpha value is -0.900. The second kappa shape index (κ2) is 7.21. The lowest BCUT2D eigenvalue weighted by Crippen LogP contribution is -2.24. The Morgan fingerprint density at radius 2 is 2.05 bits per heavy atom. The lowest BCUT2D eigenvalue weighted by Gasteiger charge is -2.20. The molecule has 0 fully saturated rings. The van der Waals surface area contributed by atoms with Gasteiger partial charge < -0.3 is 5.32 Å². The summed E-state index contributed by atoms with van der Waals surface area (Å²) < 4.78 is 14.9. The first-order valence-corrected chi connectivity index (χ1v) is 7.72. The standard InChI is InChI=1S/C16H16BrClFN/c1-2-8-20-16(11-4-3-5-13(18)9-11)14-7-6-12(17)10-15(14)19/h3-7,9-10,16,20H,2,8H2,1H3. The van der Waals surface area contributed by atoms with E-state index in [1.807, 2.05) is 30.3 Å². The van der Waals surface area contributed by atoms with Crippen molar-refractivity contribution in [1.82, 2.24) is 5.32 Å². The van der Waals surface area contributed by atoms with Crippen molar-refractivity contribution in [3.8, 4) is 0 Å². The molecule has 1 unspecified atom stereocenters. The predicted molar refractivity (Wildman–Crippen MR) is 85.7 cm³/mol. The van der Waals surface area contributed by atoms with Crippen LogP contribution in [0.15, 0.2) is 46.9 Å². The van der Waals surface area contributed by atoms with E-state index in [-0.39, 0.29) is 11.9 Å². The van der Waals surface area contributed by atoms with Crippen LogP contribution in [0.25, 0.3) is 0 Å². The molecule has 4 heteroatoms. The van der Waals surface area contributed by atoms with E-state index in [2.05, 4.69) is 28.2 Å². The second-order valence-corrected chi connectivity index (χ2v) is 5.96. The van der Waals surface area contributed by atoms with Gasteiger partial charge in [-0.25, -0.2) is 4.39 Å². The largest absolute Gasteiger partial charge is 0.306 e. The van der Waals surface area contributed by atoms with E-state index in [0.717, 1.165) is 23.0 Å². The number of hydrogen-bond donors (Lipinski definition) is 1. The van der Waals surface area contributed by atoms with Gasteiger partial charge in [0.1, 0.15) is 5.82 Å². The molecule has 0 aliphatic carbocycles. The molecule has 106 valence electrons. The van der Waals surface area contributed by atoms with Crippen LogP contribution in [0.2, 0.25) is 5.02 Å². The highest BCUT2D eigenvalue weighted by Crippen LogP contribution is 2.28. The molecule has 1 N–H and O–H groups in total. The fourth-order valence-electron chi connectivity index (χ4n) is 2.12. The monoisotopic (exact) mass is 355 g/mol. The molecule has 20 heavy (non-hydrogen) atoms. The fourth-order valence-corrected chi connectivity index (χ4v) is 2.65. The highest BCUT2D eigenvalue weighted by molar-refractivity contribution is 9.10. The molecule has 0 radical (unpaired) electrons. The molecule has 1 atom stereocenters. The Kier molecular flexibility index (Phi) is 5.58. The Morgan fingerprint density at radius 1 is 1.25 bits per heavy atom. The molecule has 0 amide bonds. The summed E-state index contributed by atoms with van der Waals surface area (Å²) in [6.07, 6.45) is 0.981. The molecule has 1 nitrogen and oxygen atoms in total. The van der Waals surface area contributed by atoms with Gasteiger partial charge in [-0.05, 0) is 42.8 Å². The van der Waals surface area contributed by atoms with E-state index in [1.54, 1.807) is 6.07 Å². The minimum atomic E-state index is -0.229. The van der Waals surface area contributed by atoms with Gasteiger partial charge in [0, 0.05) is 15.1 Å². The van der Waals surface area contributed by atoms with Gasteiger partial charge in [-0.1, -0.05) is 52.7 Å². The summed E-state index contributed by atoms with van der Waals surface area (Å²) >= 11 is 9.33. The molecular weight excluding hydrogens is 341 g/mol. The number of rotatable bonds is 5. The van der Waals surface area contributed by atoms with Crippen molar-refractivity contribution in [3.05, 3.63) is 68.9 Å². The summed E-state index contributed by atoms with van der Waals surface area (Å²) in [4.78, 5) is 0. The van der Waals surface area contributed by atoms with Crippen LogP contribution in [0.5, 0.6) is 0 Å². The fraction of sp³-hybridized carbons (Fsp3) is 0.250. The maximum atomic E-state index is 14.2. The van der Waals surface area contributed by atoms with Crippen LogP contribution >= 0.6 is 27.5 Å². The summed E-state index contributed by atoms with van der Waals surface area (Å²) in [7, 11) is 0. The first kappa shape index (κ1) is 15.5. The molecule has 0 bridgehead atoms. The maximum Gasteiger partial charge on any atom is 0.129 e. The topological polar surface area (TPSA) is 12.0 Å². The van der Waals surface area contributed by atoms with Gasteiger partial charge in [0.25, 0.3) is 0 Å². The van der Waals surface area contributed by atoms with Crippen molar-refractivity contribution in [2.24, 2.45) is 0 Å². The smallest absolute Gasteiger partial charge is 0.129 e. The Labute approximate surface area is 132 Å². The van der Waals surface area contributed by atoms with Crippen molar-refractivity contribution in [2.45, 2.75) is 19.4 Å². The maximum absolute atomic E-state index is 14.2. The highest BCUT2D eigenvalue weighted by atomic mass is 79.9. The molecular formula is C16H16BrClFN. The molecule has 0 heterocycles. The van der Waals surface area contributed by atoms with E-state index < -0.39 is 0 Å². The lowest BCUT2D eigenvalue weighted by atomic mass is 9.98. The first-order chi connectivity index (χ1) is 9.61. The van der Waals surface area contributed by atoms with Gasteiger partial charge in [-0.2, -0.15) is 0 Å². The van der Waals surface area contributed by atoms with Gasteiger partial charge in [0.2, 0.25) is 0 Å². The highest BCUT2D eigenvalue weighted by Gasteiger charge is 2.17. The Balaban J connectivity index is 2.41. The van der Waals surface area contributed by atoms with Crippen molar-refractivity contribution in [2.75, 3.05) is 6.54 Å². The minimum absolute atomic E-state index is 0.193. The third-order valence-electron chi connectivity index (χ3n) is 3.05. The molecule has 0 saturated carbocycles. The Morgan fingerprint density at radius 3 is 2.70 bits per heavy atom. The molecule has 2 aromatic carbocycles. The molecule has 0 spiro atoms. The average Bonchev–Trinajstić information content (AvgIpc) is 2.41. The van der Waals surface area contributed by atoms with Crippen molar-refractivity contribution in [1.29, 1.82) is 0 Å². The van der Waals surface area contributed by atoms with E-state index in [0.29, 0.717) is 10.6 Å². The molecule has 2 aromatic rings. The number of benzene rings is 2. The second-order valence-electron chi connectivity index (χ2n) is 4.61. The average molecular weight is 357 g/mol. The third kappa shape index (κ3) is 3.81. The van der Waals surface area contributed by atoms with E-state index in [9.17, 15) is 4.39 Å². The third-order valence-corrected chi connectivity index (χ3v) is 3.78. The zero-order valence-corrected chi connectivity index (χ0v) is 13.5. The van der Waals surface area contributed by atoms with Crippen molar-refractivity contribution >= 4 is 27.5 Å². The van der Waals surface area contributed by atoms with Crippen molar-refractivity contribution in [3.63, 3.8) is 0 Å². The van der Waals surface area contributed by atoms with Gasteiger partial charge in [0.05, 0.1) is 6.04 Å². The summed E-state index contributed by atoms with van der Waals surface area (Å²) in [6.45, 7) is 2.90. The zero-order valence-electron chi connectivity index (χ0n) is 11.2. The van der Waals surface area contributed by atoms with E-state index in [1.165, 1.54) is 6.07 Å².